The maximum Gasteiger partial charge on any atom is 0.255 e. The minimum atomic E-state index is -3.32. The number of nitrogens with one attached hydrogen (secondary N) is 1. The van der Waals surface area contributed by atoms with Gasteiger partial charge in [0.1, 0.15) is 7.11 Å². The van der Waals surface area contributed by atoms with Crippen LogP contribution in [0.2, 0.25) is 0 Å². The molecule has 0 bridgehead atoms. The highest BCUT2D eigenvalue weighted by atomic mass is 32.2. The molecule has 6 nitrogen and oxygen atoms in total. The van der Waals surface area contributed by atoms with Crippen molar-refractivity contribution in [2.75, 3.05) is 18.7 Å². The van der Waals surface area contributed by atoms with E-state index in [1.165, 1.54) is 25.5 Å². The van der Waals surface area contributed by atoms with Gasteiger partial charge >= 0.3 is 0 Å². The van der Waals surface area contributed by atoms with Crippen LogP contribution in [-0.2, 0) is 14.7 Å². The van der Waals surface area contributed by atoms with Gasteiger partial charge in [0.25, 0.3) is 5.91 Å². The van der Waals surface area contributed by atoms with E-state index in [0.29, 0.717) is 11.3 Å². The molecule has 2 aromatic rings. The van der Waals surface area contributed by atoms with E-state index >= 15 is 0 Å². The van der Waals surface area contributed by atoms with Crippen LogP contribution in [0.4, 0.5) is 5.69 Å². The largest absolute Gasteiger partial charge is 0.399 e. The average molecular weight is 332 g/mol. The molecule has 0 saturated carbocycles. The van der Waals surface area contributed by atoms with Crippen molar-refractivity contribution in [2.24, 2.45) is 5.16 Å². The van der Waals surface area contributed by atoms with Gasteiger partial charge in [0.15, 0.2) is 9.84 Å². The van der Waals surface area contributed by atoms with Crippen LogP contribution in [-0.4, -0.2) is 33.9 Å². The van der Waals surface area contributed by atoms with Crippen molar-refractivity contribution in [3.05, 3.63) is 59.7 Å². The molecule has 0 unspecified atom stereocenters. The van der Waals surface area contributed by atoms with Gasteiger partial charge in [0.05, 0.1) is 11.1 Å². The molecule has 0 radical (unpaired) electrons. The highest BCUT2D eigenvalue weighted by molar-refractivity contribution is 7.90. The van der Waals surface area contributed by atoms with Crippen molar-refractivity contribution >= 4 is 27.6 Å². The summed E-state index contributed by atoms with van der Waals surface area (Å²) in [6.45, 7) is 0. The third-order valence-electron chi connectivity index (χ3n) is 3.00. The first-order valence-corrected chi connectivity index (χ1v) is 8.57. The van der Waals surface area contributed by atoms with Crippen molar-refractivity contribution in [2.45, 2.75) is 4.90 Å². The molecule has 0 aliphatic carbocycles. The number of hydrogen-bond acceptors (Lipinski definition) is 5. The lowest BCUT2D eigenvalue weighted by Gasteiger charge is -2.07. The molecule has 0 heterocycles. The van der Waals surface area contributed by atoms with Crippen LogP contribution in [0.5, 0.6) is 0 Å². The summed E-state index contributed by atoms with van der Waals surface area (Å²) in [4.78, 5) is 16.9. The SMILES string of the molecule is CO/N=C/c1ccc(C(=O)Nc2cccc(S(C)(=O)=O)c2)cc1. The molecule has 0 fully saturated rings. The molecular weight excluding hydrogens is 316 g/mol. The van der Waals surface area contributed by atoms with Crippen molar-refractivity contribution in [1.82, 2.24) is 0 Å². The molecule has 1 amide bonds. The predicted octanol–water partition coefficient (Wildman–Crippen LogP) is 2.32. The van der Waals surface area contributed by atoms with Crippen LogP contribution in [0.1, 0.15) is 15.9 Å². The predicted molar refractivity (Wildman–Crippen MR) is 88.6 cm³/mol. The van der Waals surface area contributed by atoms with E-state index in [1.807, 2.05) is 0 Å². The van der Waals surface area contributed by atoms with Crippen LogP contribution in [0.15, 0.2) is 58.6 Å². The Hall–Kier alpha value is -2.67. The lowest BCUT2D eigenvalue weighted by Crippen LogP contribution is -2.12. The van der Waals surface area contributed by atoms with Gasteiger partial charge in [0, 0.05) is 17.5 Å². The topological polar surface area (TPSA) is 84.8 Å². The van der Waals surface area contributed by atoms with E-state index in [2.05, 4.69) is 15.3 Å². The van der Waals surface area contributed by atoms with Gasteiger partial charge < -0.3 is 10.2 Å². The number of oxime groups is 1. The Morgan fingerprint density at radius 2 is 1.87 bits per heavy atom. The summed E-state index contributed by atoms with van der Waals surface area (Å²) in [5, 5.41) is 6.31. The van der Waals surface area contributed by atoms with Gasteiger partial charge in [0.2, 0.25) is 0 Å². The third-order valence-corrected chi connectivity index (χ3v) is 4.11. The zero-order valence-corrected chi connectivity index (χ0v) is 13.5. The molecule has 0 atom stereocenters. The molecule has 0 aliphatic heterocycles. The van der Waals surface area contributed by atoms with Crippen LogP contribution >= 0.6 is 0 Å². The number of benzene rings is 2. The number of amides is 1. The number of carbonyl (C=O) groups excluding carboxylic acids is 1. The molecule has 2 rings (SSSR count). The summed E-state index contributed by atoms with van der Waals surface area (Å²) >= 11 is 0. The molecule has 23 heavy (non-hydrogen) atoms. The zero-order chi connectivity index (χ0) is 16.9. The number of hydrogen-bond donors (Lipinski definition) is 1. The van der Waals surface area contributed by atoms with Gasteiger partial charge in [-0.15, -0.1) is 0 Å². The summed E-state index contributed by atoms with van der Waals surface area (Å²) in [6, 6.07) is 12.9. The molecule has 7 heteroatoms. The Balaban J connectivity index is 2.14. The summed E-state index contributed by atoms with van der Waals surface area (Å²) in [5.41, 5.74) is 1.66. The van der Waals surface area contributed by atoms with E-state index in [0.717, 1.165) is 11.8 Å². The smallest absolute Gasteiger partial charge is 0.255 e. The molecule has 0 aromatic heterocycles. The van der Waals surface area contributed by atoms with Crippen molar-refractivity contribution in [3.63, 3.8) is 0 Å². The van der Waals surface area contributed by atoms with Gasteiger partial charge in [-0.3, -0.25) is 4.79 Å². The Bertz CT molecular complexity index is 827. The van der Waals surface area contributed by atoms with Gasteiger partial charge in [-0.2, -0.15) is 0 Å². The minimum absolute atomic E-state index is 0.154. The summed E-state index contributed by atoms with van der Waals surface area (Å²) in [6.07, 6.45) is 2.64. The first kappa shape index (κ1) is 16.7. The van der Waals surface area contributed by atoms with Crippen LogP contribution in [0, 0.1) is 0 Å². The number of sulfone groups is 1. The Morgan fingerprint density at radius 1 is 1.17 bits per heavy atom. The summed E-state index contributed by atoms with van der Waals surface area (Å²) < 4.78 is 23.1. The van der Waals surface area contributed by atoms with E-state index in [1.54, 1.807) is 36.4 Å². The lowest BCUT2D eigenvalue weighted by molar-refractivity contribution is 0.102. The number of anilines is 1. The number of nitrogens with zero attached hydrogens (tertiary/aromatic N) is 1. The lowest BCUT2D eigenvalue weighted by atomic mass is 10.1. The Morgan fingerprint density at radius 3 is 2.48 bits per heavy atom. The summed E-state index contributed by atoms with van der Waals surface area (Å²) in [5.74, 6) is -0.328. The Kier molecular flexibility index (Phi) is 5.13. The summed E-state index contributed by atoms with van der Waals surface area (Å²) in [7, 11) is -1.87. The average Bonchev–Trinajstić information content (AvgIpc) is 2.53. The quantitative estimate of drug-likeness (QED) is 0.672. The second kappa shape index (κ2) is 7.06. The van der Waals surface area contributed by atoms with Gasteiger partial charge in [-0.25, -0.2) is 8.42 Å². The monoisotopic (exact) mass is 332 g/mol. The highest BCUT2D eigenvalue weighted by Gasteiger charge is 2.10. The molecule has 0 aliphatic rings. The van der Waals surface area contributed by atoms with Gasteiger partial charge in [-0.05, 0) is 35.9 Å². The highest BCUT2D eigenvalue weighted by Crippen LogP contribution is 2.16. The van der Waals surface area contributed by atoms with E-state index in [-0.39, 0.29) is 10.8 Å². The molecule has 120 valence electrons. The molecule has 0 spiro atoms. The fraction of sp³-hybridized carbons (Fsp3) is 0.125. The normalized spacial score (nSPS) is 11.4. The second-order valence-corrected chi connectivity index (χ2v) is 6.81. The van der Waals surface area contributed by atoms with Crippen molar-refractivity contribution < 1.29 is 18.0 Å². The minimum Gasteiger partial charge on any atom is -0.399 e. The Labute approximate surface area is 134 Å². The van der Waals surface area contributed by atoms with E-state index in [4.69, 9.17) is 0 Å². The van der Waals surface area contributed by atoms with Crippen molar-refractivity contribution in [3.8, 4) is 0 Å². The first-order chi connectivity index (χ1) is 10.9. The number of carbonyl (C=O) groups is 1. The van der Waals surface area contributed by atoms with Crippen molar-refractivity contribution in [1.29, 1.82) is 0 Å². The van der Waals surface area contributed by atoms with Crippen LogP contribution < -0.4 is 5.32 Å². The first-order valence-electron chi connectivity index (χ1n) is 6.68. The van der Waals surface area contributed by atoms with Crippen LogP contribution in [0.25, 0.3) is 0 Å². The zero-order valence-electron chi connectivity index (χ0n) is 12.7. The maximum absolute atomic E-state index is 12.2. The molecular formula is C16H16N2O4S. The second-order valence-electron chi connectivity index (χ2n) is 4.79. The molecule has 0 saturated heterocycles. The van der Waals surface area contributed by atoms with E-state index < -0.39 is 9.84 Å². The molecule has 1 N–H and O–H groups in total. The fourth-order valence-electron chi connectivity index (χ4n) is 1.84. The molecule has 2 aromatic carbocycles. The third kappa shape index (κ3) is 4.65. The van der Waals surface area contributed by atoms with Gasteiger partial charge in [-0.1, -0.05) is 23.4 Å². The standard InChI is InChI=1S/C16H16N2O4S/c1-22-17-11-12-6-8-13(9-7-12)16(19)18-14-4-3-5-15(10-14)23(2,20)21/h3-11H,1-2H3,(H,18,19)/b17-11+. The maximum atomic E-state index is 12.2. The number of rotatable bonds is 5. The van der Waals surface area contributed by atoms with E-state index in [9.17, 15) is 13.2 Å². The van der Waals surface area contributed by atoms with Crippen LogP contribution in [0.3, 0.4) is 0 Å². The fourth-order valence-corrected chi connectivity index (χ4v) is 2.51.